The molecule has 0 radical (unpaired) electrons. The molecule has 1 aromatic heterocycles. The molecular weight excluding hydrogens is 352 g/mol. The first kappa shape index (κ1) is 16.7. The minimum Gasteiger partial charge on any atom is -0.314 e. The zero-order chi connectivity index (χ0) is 19.6. The molecule has 0 saturated heterocycles. The van der Waals surface area contributed by atoms with E-state index >= 15 is 0 Å². The zero-order valence-electron chi connectivity index (χ0n) is 16.0. The van der Waals surface area contributed by atoms with E-state index < -0.39 is 5.41 Å². The molecule has 140 valence electrons. The van der Waals surface area contributed by atoms with Gasteiger partial charge in [0.15, 0.2) is 0 Å². The van der Waals surface area contributed by atoms with Crippen LogP contribution in [0, 0.1) is 13.8 Å². The third-order valence-corrected chi connectivity index (χ3v) is 6.11. The van der Waals surface area contributed by atoms with Crippen LogP contribution >= 0.6 is 0 Å². The van der Waals surface area contributed by atoms with Crippen LogP contribution in [0.3, 0.4) is 0 Å². The van der Waals surface area contributed by atoms with Gasteiger partial charge >= 0.3 is 0 Å². The number of aromatic nitrogens is 2. The maximum absolute atomic E-state index is 13.4. The number of fused-ring (bicyclic) bond motifs is 4. The van der Waals surface area contributed by atoms with Crippen LogP contribution in [-0.4, -0.2) is 28.6 Å². The standard InChI is InChI=1S/C22H20N4O2/c1-13-7-6-10-17(14(13)2)26-20-16(12-23-26)22(11-19(27)24-20)15-8-4-5-9-18(15)25(3)21(22)28/h4-10,12H,11H2,1-3H3,(H,24,27)/t22-/m1/s1. The van der Waals surface area contributed by atoms with Gasteiger partial charge in [-0.15, -0.1) is 0 Å². The molecule has 28 heavy (non-hydrogen) atoms. The fourth-order valence-corrected chi connectivity index (χ4v) is 4.51. The molecule has 2 aromatic carbocycles. The molecule has 0 aliphatic carbocycles. The summed E-state index contributed by atoms with van der Waals surface area (Å²) in [4.78, 5) is 27.8. The van der Waals surface area contributed by atoms with Gasteiger partial charge in [0.1, 0.15) is 11.2 Å². The van der Waals surface area contributed by atoms with E-state index in [0.29, 0.717) is 5.82 Å². The second-order valence-electron chi connectivity index (χ2n) is 7.55. The third-order valence-electron chi connectivity index (χ3n) is 6.11. The zero-order valence-corrected chi connectivity index (χ0v) is 16.0. The van der Waals surface area contributed by atoms with E-state index in [1.54, 1.807) is 22.8 Å². The summed E-state index contributed by atoms with van der Waals surface area (Å²) in [6, 6.07) is 13.7. The lowest BCUT2D eigenvalue weighted by Gasteiger charge is -2.32. The van der Waals surface area contributed by atoms with Gasteiger partial charge in [0.25, 0.3) is 0 Å². The Bertz CT molecular complexity index is 1160. The van der Waals surface area contributed by atoms with Gasteiger partial charge in [-0.2, -0.15) is 5.10 Å². The first-order valence-electron chi connectivity index (χ1n) is 9.28. The Kier molecular flexibility index (Phi) is 3.32. The van der Waals surface area contributed by atoms with Gasteiger partial charge in [-0.3, -0.25) is 9.59 Å². The minimum absolute atomic E-state index is 0.0820. The molecule has 1 spiro atoms. The topological polar surface area (TPSA) is 67.2 Å². The lowest BCUT2D eigenvalue weighted by molar-refractivity contribution is -0.126. The number of para-hydroxylation sites is 1. The van der Waals surface area contributed by atoms with E-state index in [1.807, 2.05) is 56.3 Å². The van der Waals surface area contributed by atoms with Crippen molar-refractivity contribution in [2.75, 3.05) is 17.3 Å². The number of carbonyl (C=O) groups is 2. The maximum atomic E-state index is 13.4. The van der Waals surface area contributed by atoms with Gasteiger partial charge in [-0.25, -0.2) is 4.68 Å². The molecule has 1 atom stereocenters. The molecule has 2 aliphatic rings. The highest BCUT2D eigenvalue weighted by molar-refractivity contribution is 6.15. The van der Waals surface area contributed by atoms with E-state index in [0.717, 1.165) is 33.6 Å². The highest BCUT2D eigenvalue weighted by atomic mass is 16.2. The number of carbonyl (C=O) groups excluding carboxylic acids is 2. The predicted octanol–water partition coefficient (Wildman–Crippen LogP) is 3.09. The average molecular weight is 372 g/mol. The molecule has 3 heterocycles. The van der Waals surface area contributed by atoms with Crippen molar-refractivity contribution >= 4 is 23.3 Å². The molecule has 0 fully saturated rings. The Balaban J connectivity index is 1.80. The summed E-state index contributed by atoms with van der Waals surface area (Å²) >= 11 is 0. The summed E-state index contributed by atoms with van der Waals surface area (Å²) in [5.41, 5.74) is 4.53. The lowest BCUT2D eigenvalue weighted by atomic mass is 9.72. The molecule has 0 bridgehead atoms. The van der Waals surface area contributed by atoms with E-state index in [2.05, 4.69) is 10.4 Å². The second-order valence-corrected chi connectivity index (χ2v) is 7.55. The van der Waals surface area contributed by atoms with Gasteiger partial charge in [-0.1, -0.05) is 30.3 Å². The van der Waals surface area contributed by atoms with Crippen LogP contribution in [0.1, 0.15) is 28.7 Å². The number of nitrogens with one attached hydrogen (secondary N) is 1. The summed E-state index contributed by atoms with van der Waals surface area (Å²) in [6.07, 6.45) is 1.81. The molecule has 6 nitrogen and oxygen atoms in total. The van der Waals surface area contributed by atoms with Crippen LogP contribution in [0.2, 0.25) is 0 Å². The first-order valence-corrected chi connectivity index (χ1v) is 9.28. The number of nitrogens with zero attached hydrogens (tertiary/aromatic N) is 3. The summed E-state index contributed by atoms with van der Waals surface area (Å²) in [7, 11) is 1.76. The van der Waals surface area contributed by atoms with Crippen LogP contribution in [0.25, 0.3) is 5.69 Å². The van der Waals surface area contributed by atoms with Gasteiger partial charge in [-0.05, 0) is 42.7 Å². The van der Waals surface area contributed by atoms with Crippen LogP contribution in [0.15, 0.2) is 48.7 Å². The van der Waals surface area contributed by atoms with E-state index in [4.69, 9.17) is 0 Å². The average Bonchev–Trinajstić information content (AvgIpc) is 3.19. The molecule has 0 unspecified atom stereocenters. The fourth-order valence-electron chi connectivity index (χ4n) is 4.51. The predicted molar refractivity (Wildman–Crippen MR) is 107 cm³/mol. The Morgan fingerprint density at radius 2 is 1.75 bits per heavy atom. The Morgan fingerprint density at radius 1 is 1.00 bits per heavy atom. The van der Waals surface area contributed by atoms with Crippen molar-refractivity contribution in [1.29, 1.82) is 0 Å². The van der Waals surface area contributed by atoms with Gasteiger partial charge < -0.3 is 10.2 Å². The van der Waals surface area contributed by atoms with Crippen molar-refractivity contribution in [2.24, 2.45) is 0 Å². The first-order chi connectivity index (χ1) is 13.4. The highest BCUT2D eigenvalue weighted by Crippen LogP contribution is 2.51. The largest absolute Gasteiger partial charge is 0.314 e. The van der Waals surface area contributed by atoms with Gasteiger partial charge in [0, 0.05) is 24.7 Å². The fraction of sp³-hybridized carbons (Fsp3) is 0.227. The molecule has 6 heteroatoms. The monoisotopic (exact) mass is 372 g/mol. The lowest BCUT2D eigenvalue weighted by Crippen LogP contribution is -2.45. The van der Waals surface area contributed by atoms with Crippen molar-refractivity contribution in [3.05, 3.63) is 70.9 Å². The molecule has 2 aliphatic heterocycles. The maximum Gasteiger partial charge on any atom is 0.242 e. The van der Waals surface area contributed by atoms with Crippen LogP contribution in [-0.2, 0) is 15.0 Å². The number of hydrogen-bond donors (Lipinski definition) is 1. The van der Waals surface area contributed by atoms with Crippen LogP contribution in [0.4, 0.5) is 11.5 Å². The van der Waals surface area contributed by atoms with Crippen molar-refractivity contribution in [3.8, 4) is 5.69 Å². The van der Waals surface area contributed by atoms with Crippen molar-refractivity contribution < 1.29 is 9.59 Å². The summed E-state index contributed by atoms with van der Waals surface area (Å²) in [5.74, 6) is 0.298. The second kappa shape index (κ2) is 5.55. The number of rotatable bonds is 1. The molecule has 2 amide bonds. The van der Waals surface area contributed by atoms with E-state index in [1.165, 1.54) is 0 Å². The van der Waals surface area contributed by atoms with Crippen LogP contribution in [0.5, 0.6) is 0 Å². The molecule has 5 rings (SSSR count). The van der Waals surface area contributed by atoms with Crippen molar-refractivity contribution in [3.63, 3.8) is 0 Å². The van der Waals surface area contributed by atoms with E-state index in [-0.39, 0.29) is 18.2 Å². The molecular formula is C22H20N4O2. The third kappa shape index (κ3) is 1.94. The summed E-state index contributed by atoms with van der Waals surface area (Å²) < 4.78 is 1.74. The number of amides is 2. The normalized spacial score (nSPS) is 20.3. The minimum atomic E-state index is -1.03. The SMILES string of the molecule is Cc1cccc(-n2ncc3c2NC(=O)C[C@]32C(=O)N(C)c3ccccc32)c1C. The van der Waals surface area contributed by atoms with Crippen molar-refractivity contribution in [2.45, 2.75) is 25.7 Å². The van der Waals surface area contributed by atoms with E-state index in [9.17, 15) is 9.59 Å². The summed E-state index contributed by atoms with van der Waals surface area (Å²) in [6.45, 7) is 4.07. The molecule has 0 saturated carbocycles. The number of anilines is 2. The summed E-state index contributed by atoms with van der Waals surface area (Å²) in [5, 5.41) is 7.55. The van der Waals surface area contributed by atoms with Crippen molar-refractivity contribution in [1.82, 2.24) is 9.78 Å². The smallest absolute Gasteiger partial charge is 0.242 e. The Labute approximate surface area is 162 Å². The molecule has 3 aromatic rings. The number of likely N-dealkylation sites (N-methyl/N-ethyl adjacent to an activating group) is 1. The quantitative estimate of drug-likeness (QED) is 0.714. The number of benzene rings is 2. The highest BCUT2D eigenvalue weighted by Gasteiger charge is 2.56. The molecule has 1 N–H and O–H groups in total. The van der Waals surface area contributed by atoms with Gasteiger partial charge in [0.2, 0.25) is 11.8 Å². The Morgan fingerprint density at radius 3 is 2.57 bits per heavy atom. The van der Waals surface area contributed by atoms with Crippen LogP contribution < -0.4 is 10.2 Å². The number of hydrogen-bond acceptors (Lipinski definition) is 3. The Hall–Kier alpha value is -3.41. The number of aryl methyl sites for hydroxylation is 1. The van der Waals surface area contributed by atoms with Gasteiger partial charge in [0.05, 0.1) is 11.9 Å².